The molecule has 1 aromatic heterocycles. The van der Waals surface area contributed by atoms with Crippen molar-refractivity contribution in [3.8, 4) is 0 Å². The van der Waals surface area contributed by atoms with Gasteiger partial charge in [0.1, 0.15) is 0 Å². The molecular weight excluding hydrogens is 170 g/mol. The first kappa shape index (κ1) is 8.23. The molecule has 0 aliphatic carbocycles. The molecule has 1 aromatic rings. The van der Waals surface area contributed by atoms with E-state index in [1.807, 2.05) is 11.3 Å². The van der Waals surface area contributed by atoms with Gasteiger partial charge < -0.3 is 10.1 Å². The van der Waals surface area contributed by atoms with Crippen LogP contribution in [-0.4, -0.2) is 25.8 Å². The predicted molar refractivity (Wildman–Crippen MR) is 50.6 cm³/mol. The van der Waals surface area contributed by atoms with Gasteiger partial charge in [-0.25, -0.2) is 0 Å². The first-order valence-corrected chi connectivity index (χ1v) is 5.16. The van der Waals surface area contributed by atoms with Crippen LogP contribution in [0, 0.1) is 0 Å². The van der Waals surface area contributed by atoms with Crippen LogP contribution in [0.25, 0.3) is 0 Å². The van der Waals surface area contributed by atoms with Crippen molar-refractivity contribution in [2.75, 3.05) is 19.8 Å². The van der Waals surface area contributed by atoms with Crippen LogP contribution in [0.15, 0.2) is 17.5 Å². The molecule has 0 amide bonds. The van der Waals surface area contributed by atoms with E-state index in [1.54, 1.807) is 0 Å². The quantitative estimate of drug-likeness (QED) is 0.759. The number of thiophene rings is 1. The minimum atomic E-state index is 0.616. The summed E-state index contributed by atoms with van der Waals surface area (Å²) in [7, 11) is 0. The molecule has 2 rings (SSSR count). The van der Waals surface area contributed by atoms with Crippen molar-refractivity contribution in [3.05, 3.63) is 22.4 Å². The third-order valence-electron chi connectivity index (χ3n) is 2.02. The summed E-state index contributed by atoms with van der Waals surface area (Å²) in [5, 5.41) is 5.57. The van der Waals surface area contributed by atoms with Crippen molar-refractivity contribution in [1.29, 1.82) is 0 Å². The lowest BCUT2D eigenvalue weighted by Crippen LogP contribution is -2.46. The summed E-state index contributed by atoms with van der Waals surface area (Å²) in [6.45, 7) is 2.86. The summed E-state index contributed by atoms with van der Waals surface area (Å²) in [5.41, 5.74) is 0. The maximum absolute atomic E-state index is 5.06. The van der Waals surface area contributed by atoms with Crippen LogP contribution in [0.5, 0.6) is 0 Å². The molecule has 3 heteroatoms. The molecule has 0 radical (unpaired) electrons. The van der Waals surface area contributed by atoms with E-state index in [0.717, 1.165) is 26.2 Å². The third kappa shape index (κ3) is 2.06. The van der Waals surface area contributed by atoms with Crippen LogP contribution in [0.3, 0.4) is 0 Å². The van der Waals surface area contributed by atoms with Gasteiger partial charge >= 0.3 is 0 Å². The van der Waals surface area contributed by atoms with Crippen LogP contribution in [-0.2, 0) is 11.2 Å². The fourth-order valence-electron chi connectivity index (χ4n) is 1.21. The van der Waals surface area contributed by atoms with E-state index < -0.39 is 0 Å². The molecule has 0 spiro atoms. The molecule has 2 nitrogen and oxygen atoms in total. The Bertz CT molecular complexity index is 218. The van der Waals surface area contributed by atoms with Gasteiger partial charge in [0.15, 0.2) is 0 Å². The molecule has 2 heterocycles. The second-order valence-corrected chi connectivity index (χ2v) is 4.05. The summed E-state index contributed by atoms with van der Waals surface area (Å²) < 4.78 is 5.06. The summed E-state index contributed by atoms with van der Waals surface area (Å²) >= 11 is 1.83. The highest BCUT2D eigenvalue weighted by atomic mass is 32.1. The monoisotopic (exact) mass is 183 g/mol. The van der Waals surface area contributed by atoms with E-state index in [1.165, 1.54) is 4.88 Å². The number of ether oxygens (including phenoxy) is 1. The Morgan fingerprint density at radius 3 is 3.08 bits per heavy atom. The van der Waals surface area contributed by atoms with E-state index in [4.69, 9.17) is 4.74 Å². The fourth-order valence-corrected chi connectivity index (χ4v) is 1.92. The highest BCUT2D eigenvalue weighted by Gasteiger charge is 2.16. The van der Waals surface area contributed by atoms with Gasteiger partial charge in [-0.1, -0.05) is 6.07 Å². The van der Waals surface area contributed by atoms with Crippen molar-refractivity contribution < 1.29 is 4.74 Å². The molecule has 0 unspecified atom stereocenters. The fraction of sp³-hybridized carbons (Fsp3) is 0.556. The van der Waals surface area contributed by atoms with Gasteiger partial charge in [-0.15, -0.1) is 11.3 Å². The Hall–Kier alpha value is -0.380. The zero-order valence-electron chi connectivity index (χ0n) is 6.95. The zero-order valence-corrected chi connectivity index (χ0v) is 7.77. The Kier molecular flexibility index (Phi) is 2.76. The largest absolute Gasteiger partial charge is 0.378 e. The second kappa shape index (κ2) is 4.03. The number of rotatable bonds is 4. The van der Waals surface area contributed by atoms with Crippen LogP contribution in [0.2, 0.25) is 0 Å². The van der Waals surface area contributed by atoms with E-state index >= 15 is 0 Å². The Balaban J connectivity index is 1.62. The SMILES string of the molecule is c1csc(CCNC2COC2)c1. The summed E-state index contributed by atoms with van der Waals surface area (Å²) in [6.07, 6.45) is 1.15. The minimum absolute atomic E-state index is 0.616. The highest BCUT2D eigenvalue weighted by Crippen LogP contribution is 2.08. The molecule has 12 heavy (non-hydrogen) atoms. The Morgan fingerprint density at radius 1 is 1.58 bits per heavy atom. The lowest BCUT2D eigenvalue weighted by molar-refractivity contribution is -0.00465. The lowest BCUT2D eigenvalue weighted by atomic mass is 10.2. The van der Waals surface area contributed by atoms with Gasteiger partial charge in [-0.05, 0) is 17.9 Å². The Labute approximate surface area is 76.6 Å². The lowest BCUT2D eigenvalue weighted by Gasteiger charge is -2.26. The second-order valence-electron chi connectivity index (χ2n) is 3.02. The van der Waals surface area contributed by atoms with E-state index in [9.17, 15) is 0 Å². The average Bonchev–Trinajstić information content (AvgIpc) is 2.46. The molecule has 1 aliphatic heterocycles. The van der Waals surface area contributed by atoms with Crippen molar-refractivity contribution >= 4 is 11.3 Å². The van der Waals surface area contributed by atoms with Crippen molar-refractivity contribution in [2.24, 2.45) is 0 Å². The van der Waals surface area contributed by atoms with Crippen molar-refractivity contribution in [1.82, 2.24) is 5.32 Å². The van der Waals surface area contributed by atoms with E-state index in [2.05, 4.69) is 22.8 Å². The standard InChI is InChI=1S/C9H13NOS/c1-2-9(12-5-1)3-4-10-8-6-11-7-8/h1-2,5,8,10H,3-4,6-7H2. The highest BCUT2D eigenvalue weighted by molar-refractivity contribution is 7.09. The molecule has 1 N–H and O–H groups in total. The smallest absolute Gasteiger partial charge is 0.0643 e. The number of hydrogen-bond donors (Lipinski definition) is 1. The van der Waals surface area contributed by atoms with Gasteiger partial charge in [-0.2, -0.15) is 0 Å². The van der Waals surface area contributed by atoms with Gasteiger partial charge in [0, 0.05) is 11.4 Å². The first-order chi connectivity index (χ1) is 5.95. The van der Waals surface area contributed by atoms with Crippen molar-refractivity contribution in [3.63, 3.8) is 0 Å². The zero-order chi connectivity index (χ0) is 8.23. The molecule has 0 bridgehead atoms. The average molecular weight is 183 g/mol. The van der Waals surface area contributed by atoms with E-state index in [0.29, 0.717) is 6.04 Å². The molecule has 0 atom stereocenters. The Morgan fingerprint density at radius 2 is 2.50 bits per heavy atom. The van der Waals surface area contributed by atoms with Crippen LogP contribution >= 0.6 is 11.3 Å². The van der Waals surface area contributed by atoms with Gasteiger partial charge in [0.2, 0.25) is 0 Å². The maximum Gasteiger partial charge on any atom is 0.0643 e. The van der Waals surface area contributed by atoms with Crippen LogP contribution < -0.4 is 5.32 Å². The summed E-state index contributed by atoms with van der Waals surface area (Å²) in [6, 6.07) is 4.90. The van der Waals surface area contributed by atoms with Crippen molar-refractivity contribution in [2.45, 2.75) is 12.5 Å². The maximum atomic E-state index is 5.06. The molecular formula is C9H13NOS. The molecule has 1 saturated heterocycles. The summed E-state index contributed by atoms with van der Waals surface area (Å²) in [5.74, 6) is 0. The molecule has 66 valence electrons. The minimum Gasteiger partial charge on any atom is -0.378 e. The third-order valence-corrected chi connectivity index (χ3v) is 2.96. The molecule has 1 aliphatic rings. The van der Waals surface area contributed by atoms with Gasteiger partial charge in [-0.3, -0.25) is 0 Å². The van der Waals surface area contributed by atoms with Gasteiger partial charge in [0.25, 0.3) is 0 Å². The van der Waals surface area contributed by atoms with Crippen LogP contribution in [0.1, 0.15) is 4.88 Å². The van der Waals surface area contributed by atoms with Crippen LogP contribution in [0.4, 0.5) is 0 Å². The normalized spacial score (nSPS) is 17.7. The van der Waals surface area contributed by atoms with E-state index in [-0.39, 0.29) is 0 Å². The topological polar surface area (TPSA) is 21.3 Å². The first-order valence-electron chi connectivity index (χ1n) is 4.28. The van der Waals surface area contributed by atoms with Gasteiger partial charge in [0.05, 0.1) is 19.3 Å². The molecule has 0 aromatic carbocycles. The predicted octanol–water partition coefficient (Wildman–Crippen LogP) is 1.28. The molecule has 0 saturated carbocycles. The molecule has 1 fully saturated rings. The summed E-state index contributed by atoms with van der Waals surface area (Å²) in [4.78, 5) is 1.46. The number of nitrogens with one attached hydrogen (secondary N) is 1. The number of hydrogen-bond acceptors (Lipinski definition) is 3.